The molecule has 1 aromatic carbocycles. The van der Waals surface area contributed by atoms with Crippen molar-refractivity contribution >= 4 is 11.7 Å². The highest BCUT2D eigenvalue weighted by Crippen LogP contribution is 2.45. The second-order valence-corrected chi connectivity index (χ2v) is 8.24. The summed E-state index contributed by atoms with van der Waals surface area (Å²) in [5.41, 5.74) is 0.490. The summed E-state index contributed by atoms with van der Waals surface area (Å²) >= 11 is 0. The second kappa shape index (κ2) is 10.8. The number of aliphatic hydroxyl groups is 1. The van der Waals surface area contributed by atoms with Crippen LogP contribution in [0.3, 0.4) is 0 Å². The number of hydrogen-bond donors (Lipinski definition) is 1. The standard InChI is InChI=1S/C25H30N2O8/c1-31-18-14-16(15-19(32-2)24(18)33-3)21-20(22(28)17-6-4-11-35-17)23(29)25(30)27(21)8-5-7-26-9-12-34-13-10-26/h4,6,11,14-15,21,29H,5,7-10,12-13H2,1-3H3/t21-/m1/s1. The zero-order valence-corrected chi connectivity index (χ0v) is 20.1. The molecule has 0 spiro atoms. The first-order valence-corrected chi connectivity index (χ1v) is 11.4. The highest BCUT2D eigenvalue weighted by atomic mass is 16.5. The van der Waals surface area contributed by atoms with E-state index >= 15 is 0 Å². The van der Waals surface area contributed by atoms with E-state index in [2.05, 4.69) is 4.90 Å². The predicted molar refractivity (Wildman–Crippen MR) is 125 cm³/mol. The lowest BCUT2D eigenvalue weighted by Crippen LogP contribution is -2.39. The first-order chi connectivity index (χ1) is 17.0. The van der Waals surface area contributed by atoms with Crippen LogP contribution in [0.5, 0.6) is 17.2 Å². The van der Waals surface area contributed by atoms with Crippen LogP contribution in [0.1, 0.15) is 28.6 Å². The molecule has 0 aliphatic carbocycles. The molecule has 188 valence electrons. The van der Waals surface area contributed by atoms with Crippen LogP contribution in [0.25, 0.3) is 0 Å². The monoisotopic (exact) mass is 486 g/mol. The Morgan fingerprint density at radius 3 is 2.34 bits per heavy atom. The van der Waals surface area contributed by atoms with E-state index in [9.17, 15) is 14.7 Å². The third-order valence-corrected chi connectivity index (χ3v) is 6.27. The second-order valence-electron chi connectivity index (χ2n) is 8.24. The molecule has 0 bridgehead atoms. The number of Topliss-reactive ketones (excluding diaryl/α,β-unsaturated/α-hetero) is 1. The molecule has 1 N–H and O–H groups in total. The number of nitrogens with zero attached hydrogens (tertiary/aromatic N) is 2. The van der Waals surface area contributed by atoms with Crippen LogP contribution in [0.15, 0.2) is 46.3 Å². The van der Waals surface area contributed by atoms with Crippen molar-refractivity contribution in [2.45, 2.75) is 12.5 Å². The van der Waals surface area contributed by atoms with Crippen molar-refractivity contribution in [3.8, 4) is 17.2 Å². The van der Waals surface area contributed by atoms with Crippen LogP contribution < -0.4 is 14.2 Å². The maximum atomic E-state index is 13.3. The minimum absolute atomic E-state index is 0.0342. The van der Waals surface area contributed by atoms with E-state index in [1.165, 1.54) is 38.6 Å². The maximum absolute atomic E-state index is 13.3. The fourth-order valence-corrected chi connectivity index (χ4v) is 4.55. The van der Waals surface area contributed by atoms with Gasteiger partial charge in [-0.05, 0) is 36.2 Å². The Morgan fingerprint density at radius 1 is 1.09 bits per heavy atom. The first-order valence-electron chi connectivity index (χ1n) is 11.4. The highest BCUT2D eigenvalue weighted by Gasteiger charge is 2.44. The molecular formula is C25H30N2O8. The van der Waals surface area contributed by atoms with Gasteiger partial charge in [0.1, 0.15) is 0 Å². The van der Waals surface area contributed by atoms with Gasteiger partial charge < -0.3 is 33.4 Å². The Morgan fingerprint density at radius 2 is 1.77 bits per heavy atom. The summed E-state index contributed by atoms with van der Waals surface area (Å²) in [6.07, 6.45) is 2.03. The topological polar surface area (TPSA) is 111 Å². The van der Waals surface area contributed by atoms with Crippen LogP contribution in [0, 0.1) is 0 Å². The van der Waals surface area contributed by atoms with Crippen molar-refractivity contribution in [2.75, 3.05) is 60.7 Å². The number of furan rings is 1. The molecule has 0 radical (unpaired) electrons. The van der Waals surface area contributed by atoms with Crippen LogP contribution in [-0.2, 0) is 9.53 Å². The number of benzene rings is 1. The van der Waals surface area contributed by atoms with Gasteiger partial charge in [-0.15, -0.1) is 0 Å². The molecule has 0 unspecified atom stereocenters. The minimum Gasteiger partial charge on any atom is -0.503 e. The molecular weight excluding hydrogens is 456 g/mol. The zero-order valence-electron chi connectivity index (χ0n) is 20.1. The van der Waals surface area contributed by atoms with Crippen molar-refractivity contribution < 1.29 is 38.1 Å². The number of hydrogen-bond acceptors (Lipinski definition) is 9. The lowest BCUT2D eigenvalue weighted by atomic mass is 9.94. The summed E-state index contributed by atoms with van der Waals surface area (Å²) in [5.74, 6) is -0.592. The Labute approximate surface area is 203 Å². The van der Waals surface area contributed by atoms with Gasteiger partial charge in [0.15, 0.2) is 23.0 Å². The Bertz CT molecular complexity index is 1060. The molecule has 1 fully saturated rings. The van der Waals surface area contributed by atoms with E-state index in [1.807, 2.05) is 0 Å². The lowest BCUT2D eigenvalue weighted by molar-refractivity contribution is -0.129. The van der Waals surface area contributed by atoms with Crippen molar-refractivity contribution in [2.24, 2.45) is 0 Å². The first kappa shape index (κ1) is 24.6. The van der Waals surface area contributed by atoms with Crippen LogP contribution in [0.4, 0.5) is 0 Å². The van der Waals surface area contributed by atoms with Gasteiger partial charge >= 0.3 is 0 Å². The van der Waals surface area contributed by atoms with Crippen LogP contribution in [0.2, 0.25) is 0 Å². The van der Waals surface area contributed by atoms with Gasteiger partial charge in [0, 0.05) is 26.2 Å². The van der Waals surface area contributed by atoms with Crippen LogP contribution >= 0.6 is 0 Å². The van der Waals surface area contributed by atoms with Crippen molar-refractivity contribution in [3.05, 3.63) is 53.2 Å². The summed E-state index contributed by atoms with van der Waals surface area (Å²) in [6.45, 7) is 4.11. The number of ketones is 1. The molecule has 1 aromatic heterocycles. The molecule has 10 heteroatoms. The third kappa shape index (κ3) is 4.85. The summed E-state index contributed by atoms with van der Waals surface area (Å²) < 4.78 is 27.1. The van der Waals surface area contributed by atoms with E-state index in [0.717, 1.165) is 19.6 Å². The molecule has 3 heterocycles. The zero-order chi connectivity index (χ0) is 24.9. The molecule has 2 aliphatic rings. The molecule has 4 rings (SSSR count). The van der Waals surface area contributed by atoms with Gasteiger partial charge in [-0.25, -0.2) is 0 Å². The number of methoxy groups -OCH3 is 3. The van der Waals surface area contributed by atoms with Gasteiger partial charge in [-0.2, -0.15) is 0 Å². The lowest BCUT2D eigenvalue weighted by Gasteiger charge is -2.30. The molecule has 1 atom stereocenters. The Hall–Kier alpha value is -3.50. The predicted octanol–water partition coefficient (Wildman–Crippen LogP) is 2.61. The quantitative estimate of drug-likeness (QED) is 0.507. The molecule has 1 saturated heterocycles. The summed E-state index contributed by atoms with van der Waals surface area (Å²) in [6, 6.07) is 5.58. The molecule has 1 amide bonds. The van der Waals surface area contributed by atoms with Crippen molar-refractivity contribution in [3.63, 3.8) is 0 Å². The van der Waals surface area contributed by atoms with Gasteiger partial charge in [0.2, 0.25) is 11.5 Å². The van der Waals surface area contributed by atoms with Gasteiger partial charge in [0.25, 0.3) is 5.91 Å². The average molecular weight is 487 g/mol. The van der Waals surface area contributed by atoms with Gasteiger partial charge in [0.05, 0.1) is 52.4 Å². The fourth-order valence-electron chi connectivity index (χ4n) is 4.55. The van der Waals surface area contributed by atoms with E-state index in [1.54, 1.807) is 18.2 Å². The van der Waals surface area contributed by atoms with Gasteiger partial charge in [-0.3, -0.25) is 14.5 Å². The summed E-state index contributed by atoms with van der Waals surface area (Å²) in [4.78, 5) is 30.3. The third-order valence-electron chi connectivity index (χ3n) is 6.27. The molecule has 0 saturated carbocycles. The summed E-state index contributed by atoms with van der Waals surface area (Å²) in [5, 5.41) is 10.8. The number of aliphatic hydroxyl groups excluding tert-OH is 1. The van der Waals surface area contributed by atoms with Crippen molar-refractivity contribution in [1.29, 1.82) is 0 Å². The number of rotatable bonds is 10. The number of carbonyl (C=O) groups excluding carboxylic acids is 2. The number of carbonyl (C=O) groups is 2. The van der Waals surface area contributed by atoms with E-state index in [-0.39, 0.29) is 11.3 Å². The van der Waals surface area contributed by atoms with Crippen LogP contribution in [-0.4, -0.2) is 87.3 Å². The molecule has 2 aromatic rings. The number of morpholine rings is 1. The fraction of sp³-hybridized carbons (Fsp3) is 0.440. The van der Waals surface area contributed by atoms with E-state index in [4.69, 9.17) is 23.4 Å². The minimum atomic E-state index is -0.863. The van der Waals surface area contributed by atoms with Crippen molar-refractivity contribution in [1.82, 2.24) is 9.80 Å². The van der Waals surface area contributed by atoms with E-state index in [0.29, 0.717) is 49.0 Å². The summed E-state index contributed by atoms with van der Waals surface area (Å²) in [7, 11) is 4.47. The smallest absolute Gasteiger partial charge is 0.290 e. The van der Waals surface area contributed by atoms with Gasteiger partial charge in [-0.1, -0.05) is 0 Å². The molecule has 35 heavy (non-hydrogen) atoms. The largest absolute Gasteiger partial charge is 0.503 e. The van der Waals surface area contributed by atoms with E-state index < -0.39 is 23.5 Å². The molecule has 10 nitrogen and oxygen atoms in total. The Kier molecular flexibility index (Phi) is 7.62. The average Bonchev–Trinajstić information content (AvgIpc) is 3.51. The number of amides is 1. The number of ether oxygens (including phenoxy) is 4. The SMILES string of the molecule is COc1cc([C@@H]2C(C(=O)c3ccco3)=C(O)C(=O)N2CCCN2CCOCC2)cc(OC)c1OC. The normalized spacial score (nSPS) is 18.8. The highest BCUT2D eigenvalue weighted by molar-refractivity contribution is 6.15. The Balaban J connectivity index is 1.71. The maximum Gasteiger partial charge on any atom is 0.290 e. The molecule has 2 aliphatic heterocycles.